The first-order chi connectivity index (χ1) is 14.1. The molecule has 2 aromatic heterocycles. The summed E-state index contributed by atoms with van der Waals surface area (Å²) >= 11 is 0. The molecule has 0 atom stereocenters. The molecule has 154 valence electrons. The molecule has 1 aromatic carbocycles. The highest BCUT2D eigenvalue weighted by Crippen LogP contribution is 2.33. The van der Waals surface area contributed by atoms with Crippen LogP contribution in [-0.2, 0) is 12.7 Å². The van der Waals surface area contributed by atoms with Crippen LogP contribution in [-0.4, -0.2) is 20.7 Å². The Morgan fingerprint density at radius 1 is 1.17 bits per heavy atom. The Morgan fingerprint density at radius 3 is 2.47 bits per heavy atom. The lowest BCUT2D eigenvalue weighted by molar-refractivity contribution is -0.138. The predicted octanol–water partition coefficient (Wildman–Crippen LogP) is 4.01. The number of rotatable bonds is 4. The van der Waals surface area contributed by atoms with Crippen LogP contribution in [0.1, 0.15) is 44.3 Å². The summed E-state index contributed by atoms with van der Waals surface area (Å²) in [6.45, 7) is 4.77. The molecule has 1 amide bonds. The summed E-state index contributed by atoms with van der Waals surface area (Å²) in [7, 11) is 0. The third-order valence-corrected chi connectivity index (χ3v) is 4.53. The van der Waals surface area contributed by atoms with E-state index in [0.29, 0.717) is 22.6 Å². The Bertz CT molecular complexity index is 1160. The summed E-state index contributed by atoms with van der Waals surface area (Å²) in [6, 6.07) is 10.4. The van der Waals surface area contributed by atoms with Crippen LogP contribution in [0.15, 0.2) is 36.4 Å². The summed E-state index contributed by atoms with van der Waals surface area (Å²) in [5.41, 5.74) is 1.49. The predicted molar refractivity (Wildman–Crippen MR) is 103 cm³/mol. The lowest BCUT2D eigenvalue weighted by Crippen LogP contribution is -2.25. The number of carbonyl (C=O) groups is 1. The van der Waals surface area contributed by atoms with Gasteiger partial charge in [-0.15, -0.1) is 0 Å². The van der Waals surface area contributed by atoms with Gasteiger partial charge in [-0.2, -0.15) is 23.5 Å². The van der Waals surface area contributed by atoms with Crippen LogP contribution in [0.4, 0.5) is 13.2 Å². The number of nitrogens with one attached hydrogen (secondary N) is 1. The van der Waals surface area contributed by atoms with Gasteiger partial charge in [0.1, 0.15) is 11.8 Å². The third-order valence-electron chi connectivity index (χ3n) is 4.53. The van der Waals surface area contributed by atoms with Crippen molar-refractivity contribution >= 4 is 5.91 Å². The molecule has 3 rings (SSSR count). The number of hydrogen-bond acceptors (Lipinski definition) is 4. The smallest absolute Gasteiger partial charge is 0.347 e. The minimum atomic E-state index is -4.60. The fraction of sp³-hybridized carbons (Fsp3) is 0.238. The van der Waals surface area contributed by atoms with Crippen molar-refractivity contribution in [2.75, 3.05) is 0 Å². The molecule has 0 bridgehead atoms. The van der Waals surface area contributed by atoms with E-state index in [0.717, 1.165) is 6.07 Å². The molecule has 1 N–H and O–H groups in total. The molecule has 0 fully saturated rings. The Kier molecular flexibility index (Phi) is 5.60. The first-order valence-electron chi connectivity index (χ1n) is 9.00. The minimum absolute atomic E-state index is 0.0271. The van der Waals surface area contributed by atoms with Gasteiger partial charge in [0.05, 0.1) is 28.2 Å². The Labute approximate surface area is 171 Å². The van der Waals surface area contributed by atoms with Gasteiger partial charge in [0.15, 0.2) is 0 Å². The molecule has 2 heterocycles. The van der Waals surface area contributed by atoms with E-state index in [-0.39, 0.29) is 23.5 Å². The number of aryl methyl sites for hydroxylation is 3. The number of nitriles is 1. The number of alkyl halides is 3. The molecule has 0 saturated carbocycles. The van der Waals surface area contributed by atoms with Crippen LogP contribution in [0, 0.1) is 32.1 Å². The molecular formula is C21H18F3N5O. The number of nitrogens with zero attached hydrogens (tertiary/aromatic N) is 4. The molecule has 0 aliphatic carbocycles. The number of pyridine rings is 1. The van der Waals surface area contributed by atoms with Crippen LogP contribution in [0.25, 0.3) is 5.69 Å². The lowest BCUT2D eigenvalue weighted by atomic mass is 10.1. The van der Waals surface area contributed by atoms with E-state index in [9.17, 15) is 18.0 Å². The van der Waals surface area contributed by atoms with Crippen molar-refractivity contribution in [3.63, 3.8) is 0 Å². The fourth-order valence-corrected chi connectivity index (χ4v) is 3.08. The maximum absolute atomic E-state index is 13.6. The van der Waals surface area contributed by atoms with Gasteiger partial charge >= 0.3 is 6.18 Å². The molecule has 3 aromatic rings. The normalized spacial score (nSPS) is 11.2. The molecule has 6 nitrogen and oxygen atoms in total. The van der Waals surface area contributed by atoms with Crippen molar-refractivity contribution in [1.82, 2.24) is 20.1 Å². The summed E-state index contributed by atoms with van der Waals surface area (Å²) in [6.07, 6.45) is -4.60. The number of hydrogen-bond donors (Lipinski definition) is 1. The molecule has 9 heteroatoms. The topological polar surface area (TPSA) is 83.6 Å². The van der Waals surface area contributed by atoms with Gasteiger partial charge in [-0.1, -0.05) is 6.07 Å². The van der Waals surface area contributed by atoms with Crippen molar-refractivity contribution < 1.29 is 18.0 Å². The van der Waals surface area contributed by atoms with Crippen LogP contribution in [0.3, 0.4) is 0 Å². The molecule has 0 unspecified atom stereocenters. The second-order valence-corrected chi connectivity index (χ2v) is 6.80. The molecule has 0 aliphatic heterocycles. The van der Waals surface area contributed by atoms with Crippen LogP contribution in [0.2, 0.25) is 0 Å². The summed E-state index contributed by atoms with van der Waals surface area (Å²) < 4.78 is 42.4. The number of carbonyl (C=O) groups excluding carboxylic acids is 1. The highest BCUT2D eigenvalue weighted by molar-refractivity contribution is 5.92. The maximum atomic E-state index is 13.6. The number of amides is 1. The van der Waals surface area contributed by atoms with E-state index < -0.39 is 17.6 Å². The Hall–Kier alpha value is -3.67. The molecule has 0 spiro atoms. The lowest BCUT2D eigenvalue weighted by Gasteiger charge is -2.16. The van der Waals surface area contributed by atoms with E-state index in [1.54, 1.807) is 26.8 Å². The van der Waals surface area contributed by atoms with Crippen molar-refractivity contribution in [3.05, 3.63) is 75.9 Å². The summed E-state index contributed by atoms with van der Waals surface area (Å²) in [4.78, 5) is 16.3. The van der Waals surface area contributed by atoms with Crippen LogP contribution >= 0.6 is 0 Å². The zero-order chi connectivity index (χ0) is 22.1. The Balaban J connectivity index is 1.87. The van der Waals surface area contributed by atoms with E-state index >= 15 is 0 Å². The first kappa shape index (κ1) is 21.0. The van der Waals surface area contributed by atoms with Crippen molar-refractivity contribution in [2.45, 2.75) is 33.5 Å². The van der Waals surface area contributed by atoms with E-state index in [2.05, 4.69) is 15.4 Å². The highest BCUT2D eigenvalue weighted by atomic mass is 19.4. The van der Waals surface area contributed by atoms with Gasteiger partial charge in [-0.3, -0.25) is 4.79 Å². The molecule has 0 saturated heterocycles. The van der Waals surface area contributed by atoms with Crippen LogP contribution < -0.4 is 5.32 Å². The molecule has 0 radical (unpaired) electrons. The van der Waals surface area contributed by atoms with Gasteiger partial charge in [0.2, 0.25) is 0 Å². The largest absolute Gasteiger partial charge is 0.416 e. The highest BCUT2D eigenvalue weighted by Gasteiger charge is 2.34. The third kappa shape index (κ3) is 4.33. The standard InChI is InChI=1S/C21H18F3N5O/c1-12-8-13(2)29(28-12)17-6-4-16(18(9-17)21(22,23)24)11-26-20(30)19-7-5-15(10-25)14(3)27-19/h4-9H,11H2,1-3H3,(H,26,30). The van der Waals surface area contributed by atoms with Crippen molar-refractivity contribution in [3.8, 4) is 11.8 Å². The second-order valence-electron chi connectivity index (χ2n) is 6.80. The van der Waals surface area contributed by atoms with Gasteiger partial charge in [-0.25, -0.2) is 9.67 Å². The number of aromatic nitrogens is 3. The average molecular weight is 413 g/mol. The van der Waals surface area contributed by atoms with E-state index in [1.807, 2.05) is 6.07 Å². The minimum Gasteiger partial charge on any atom is -0.347 e. The van der Waals surface area contributed by atoms with Crippen LogP contribution in [0.5, 0.6) is 0 Å². The van der Waals surface area contributed by atoms with E-state index in [1.165, 1.54) is 28.9 Å². The quantitative estimate of drug-likeness (QED) is 0.701. The SMILES string of the molecule is Cc1cc(C)n(-c2ccc(CNC(=O)c3ccc(C#N)c(C)n3)c(C(F)(F)F)c2)n1. The molecule has 30 heavy (non-hydrogen) atoms. The zero-order valence-corrected chi connectivity index (χ0v) is 16.5. The first-order valence-corrected chi connectivity index (χ1v) is 9.00. The van der Waals surface area contributed by atoms with Crippen molar-refractivity contribution in [2.24, 2.45) is 0 Å². The zero-order valence-electron chi connectivity index (χ0n) is 16.5. The van der Waals surface area contributed by atoms with Gasteiger partial charge in [0, 0.05) is 12.2 Å². The Morgan fingerprint density at radius 2 is 1.90 bits per heavy atom. The summed E-state index contributed by atoms with van der Waals surface area (Å²) in [5, 5.41) is 15.6. The maximum Gasteiger partial charge on any atom is 0.416 e. The summed E-state index contributed by atoms with van der Waals surface area (Å²) in [5.74, 6) is -0.627. The monoisotopic (exact) mass is 413 g/mol. The van der Waals surface area contributed by atoms with Gasteiger partial charge < -0.3 is 5.32 Å². The van der Waals surface area contributed by atoms with Gasteiger partial charge in [-0.05, 0) is 56.7 Å². The second kappa shape index (κ2) is 7.99. The van der Waals surface area contributed by atoms with E-state index in [4.69, 9.17) is 5.26 Å². The number of benzene rings is 1. The number of halogens is 3. The fourth-order valence-electron chi connectivity index (χ4n) is 3.08. The molecule has 0 aliphatic rings. The molecular weight excluding hydrogens is 395 g/mol. The average Bonchev–Trinajstić information content (AvgIpc) is 3.03. The van der Waals surface area contributed by atoms with Crippen molar-refractivity contribution in [1.29, 1.82) is 5.26 Å². The van der Waals surface area contributed by atoms with Gasteiger partial charge in [0.25, 0.3) is 5.91 Å².